The van der Waals surface area contributed by atoms with Crippen LogP contribution in [-0.2, 0) is 31.6 Å². The van der Waals surface area contributed by atoms with Gasteiger partial charge in [-0.1, -0.05) is 54.1 Å². The Hall–Kier alpha value is -1.79. The van der Waals surface area contributed by atoms with Gasteiger partial charge in [0.25, 0.3) is 0 Å². The number of rotatable bonds is 7. The predicted molar refractivity (Wildman–Crippen MR) is 100 cm³/mol. The Bertz CT molecular complexity index is 805. The van der Waals surface area contributed by atoms with Crippen LogP contribution in [0.1, 0.15) is 11.1 Å². The van der Waals surface area contributed by atoms with Gasteiger partial charge >= 0.3 is 0 Å². The Morgan fingerprint density at radius 1 is 1.19 bits per heavy atom. The summed E-state index contributed by atoms with van der Waals surface area (Å²) in [5.74, 6) is 0. The molecule has 2 aliphatic heterocycles. The maximum absolute atomic E-state index is 13.1. The molecule has 0 unspecified atom stereocenters. The second-order valence-corrected chi connectivity index (χ2v) is 8.32. The standard InChI is InChI=1S/C21H22O4S/c1-3-19-21(26(22)17-11-9-15(2)10-12-17)20(25-21)18(24-19)14-23-13-16-7-5-4-6-8-16/h3-12,18-20H,1,13-14H2,2H3/t18-,19+,20-,21-,26+/m1/s1. The van der Waals surface area contributed by atoms with Crippen molar-refractivity contribution in [2.24, 2.45) is 0 Å². The van der Waals surface area contributed by atoms with E-state index in [4.69, 9.17) is 14.2 Å². The Kier molecular flexibility index (Phi) is 4.80. The minimum absolute atomic E-state index is 0.233. The van der Waals surface area contributed by atoms with Gasteiger partial charge in [-0.2, -0.15) is 0 Å². The van der Waals surface area contributed by atoms with Gasteiger partial charge in [-0.05, 0) is 24.6 Å². The molecular weight excluding hydrogens is 348 g/mol. The molecule has 136 valence electrons. The first kappa shape index (κ1) is 17.6. The molecule has 5 heteroatoms. The largest absolute Gasteiger partial charge is 0.374 e. The molecule has 0 N–H and O–H groups in total. The zero-order valence-electron chi connectivity index (χ0n) is 14.7. The molecule has 0 aliphatic carbocycles. The third-order valence-corrected chi connectivity index (χ3v) is 6.68. The molecule has 2 saturated heterocycles. The minimum Gasteiger partial charge on any atom is -0.374 e. The first-order valence-corrected chi connectivity index (χ1v) is 9.86. The molecule has 0 aromatic heterocycles. The molecule has 2 heterocycles. The topological polar surface area (TPSA) is 48.1 Å². The number of epoxide rings is 1. The van der Waals surface area contributed by atoms with Crippen LogP contribution in [0.2, 0.25) is 0 Å². The van der Waals surface area contributed by atoms with Crippen molar-refractivity contribution in [3.05, 3.63) is 78.4 Å². The lowest BCUT2D eigenvalue weighted by molar-refractivity contribution is -0.0583. The Labute approximate surface area is 156 Å². The van der Waals surface area contributed by atoms with E-state index in [1.54, 1.807) is 6.08 Å². The highest BCUT2D eigenvalue weighted by Crippen LogP contribution is 2.54. The third-order valence-electron chi connectivity index (χ3n) is 4.84. The van der Waals surface area contributed by atoms with Crippen LogP contribution in [0.3, 0.4) is 0 Å². The lowest BCUT2D eigenvalue weighted by Gasteiger charge is -2.19. The molecule has 0 saturated carbocycles. The predicted octanol–water partition coefficient (Wildman–Crippen LogP) is 3.37. The normalized spacial score (nSPS) is 30.6. The van der Waals surface area contributed by atoms with E-state index in [-0.39, 0.29) is 12.2 Å². The lowest BCUT2D eigenvalue weighted by atomic mass is 10.2. The van der Waals surface area contributed by atoms with Crippen molar-refractivity contribution in [3.8, 4) is 0 Å². The average molecular weight is 370 g/mol. The summed E-state index contributed by atoms with van der Waals surface area (Å²) in [4.78, 5) is -0.0861. The number of benzene rings is 2. The summed E-state index contributed by atoms with van der Waals surface area (Å²) >= 11 is 0. The number of fused-ring (bicyclic) bond motifs is 1. The number of aryl methyl sites for hydroxylation is 1. The number of hydrogen-bond acceptors (Lipinski definition) is 4. The van der Waals surface area contributed by atoms with Crippen molar-refractivity contribution < 1.29 is 18.4 Å². The van der Waals surface area contributed by atoms with E-state index in [9.17, 15) is 4.21 Å². The second-order valence-electron chi connectivity index (χ2n) is 6.67. The molecule has 0 radical (unpaired) electrons. The van der Waals surface area contributed by atoms with Crippen LogP contribution >= 0.6 is 0 Å². The fraction of sp³-hybridized carbons (Fsp3) is 0.333. The fourth-order valence-electron chi connectivity index (χ4n) is 3.40. The van der Waals surface area contributed by atoms with Gasteiger partial charge < -0.3 is 14.2 Å². The van der Waals surface area contributed by atoms with E-state index in [0.717, 1.165) is 16.0 Å². The third kappa shape index (κ3) is 3.05. The summed E-state index contributed by atoms with van der Waals surface area (Å²) in [5, 5.41) is 0. The SMILES string of the molecule is C=C[C@@H]1O[C@H](COCc2ccccc2)[C@H]2O[C@@]12[S@@](=O)c1ccc(C)cc1. The van der Waals surface area contributed by atoms with Crippen LogP contribution in [0.5, 0.6) is 0 Å². The van der Waals surface area contributed by atoms with Crippen molar-refractivity contribution in [1.29, 1.82) is 0 Å². The maximum Gasteiger partial charge on any atom is 0.205 e. The summed E-state index contributed by atoms with van der Waals surface area (Å²) in [5.41, 5.74) is 2.24. The first-order valence-electron chi connectivity index (χ1n) is 8.71. The van der Waals surface area contributed by atoms with Crippen LogP contribution in [0.25, 0.3) is 0 Å². The van der Waals surface area contributed by atoms with Gasteiger partial charge in [0.2, 0.25) is 4.93 Å². The van der Waals surface area contributed by atoms with Gasteiger partial charge in [0.05, 0.1) is 24.0 Å². The van der Waals surface area contributed by atoms with Gasteiger partial charge in [-0.25, -0.2) is 0 Å². The van der Waals surface area contributed by atoms with Gasteiger partial charge in [0, 0.05) is 4.90 Å². The smallest absolute Gasteiger partial charge is 0.205 e. The van der Waals surface area contributed by atoms with Crippen LogP contribution in [0.4, 0.5) is 0 Å². The molecule has 2 aromatic carbocycles. The van der Waals surface area contributed by atoms with E-state index in [1.807, 2.05) is 61.5 Å². The minimum atomic E-state index is -1.32. The van der Waals surface area contributed by atoms with E-state index in [1.165, 1.54) is 0 Å². The summed E-state index contributed by atoms with van der Waals surface area (Å²) < 4.78 is 30.9. The molecule has 0 bridgehead atoms. The van der Waals surface area contributed by atoms with Gasteiger partial charge in [-0.15, -0.1) is 6.58 Å². The highest BCUT2D eigenvalue weighted by Gasteiger charge is 2.74. The van der Waals surface area contributed by atoms with E-state index >= 15 is 0 Å². The molecule has 2 aliphatic rings. The Morgan fingerprint density at radius 2 is 1.92 bits per heavy atom. The average Bonchev–Trinajstić information content (AvgIpc) is 3.35. The zero-order chi connectivity index (χ0) is 18.1. The van der Waals surface area contributed by atoms with Gasteiger partial charge in [0.15, 0.2) is 0 Å². The van der Waals surface area contributed by atoms with Crippen molar-refractivity contribution >= 4 is 10.8 Å². The summed E-state index contributed by atoms with van der Waals surface area (Å²) in [6, 6.07) is 17.7. The van der Waals surface area contributed by atoms with Crippen LogP contribution < -0.4 is 0 Å². The highest BCUT2D eigenvalue weighted by molar-refractivity contribution is 7.86. The van der Waals surface area contributed by atoms with E-state index < -0.39 is 21.8 Å². The molecule has 4 rings (SSSR count). The molecule has 2 fully saturated rings. The molecule has 4 nitrogen and oxygen atoms in total. The van der Waals surface area contributed by atoms with Crippen molar-refractivity contribution in [2.75, 3.05) is 6.61 Å². The van der Waals surface area contributed by atoms with E-state index in [0.29, 0.717) is 13.2 Å². The summed E-state index contributed by atoms with van der Waals surface area (Å²) in [6.45, 7) is 6.76. The molecular formula is C21H22O4S. The Balaban J connectivity index is 1.43. The summed E-state index contributed by atoms with van der Waals surface area (Å²) in [6.07, 6.45) is 0.808. The first-order chi connectivity index (χ1) is 12.6. The van der Waals surface area contributed by atoms with Gasteiger partial charge in [-0.3, -0.25) is 4.21 Å². The molecule has 5 atom stereocenters. The van der Waals surface area contributed by atoms with E-state index in [2.05, 4.69) is 6.58 Å². The number of hydrogen-bond donors (Lipinski definition) is 0. The van der Waals surface area contributed by atoms with Crippen molar-refractivity contribution in [3.63, 3.8) is 0 Å². The quantitative estimate of drug-likeness (QED) is 0.554. The molecule has 26 heavy (non-hydrogen) atoms. The summed E-state index contributed by atoms with van der Waals surface area (Å²) in [7, 11) is -1.32. The van der Waals surface area contributed by atoms with Gasteiger partial charge in [0.1, 0.15) is 18.3 Å². The fourth-order valence-corrected chi connectivity index (χ4v) is 5.07. The van der Waals surface area contributed by atoms with Crippen molar-refractivity contribution in [1.82, 2.24) is 0 Å². The molecule has 0 spiro atoms. The van der Waals surface area contributed by atoms with Crippen LogP contribution in [-0.4, -0.2) is 34.1 Å². The zero-order valence-corrected chi connectivity index (χ0v) is 15.5. The Morgan fingerprint density at radius 3 is 2.62 bits per heavy atom. The lowest BCUT2D eigenvalue weighted by Crippen LogP contribution is -2.31. The van der Waals surface area contributed by atoms with Crippen LogP contribution in [0.15, 0.2) is 72.1 Å². The van der Waals surface area contributed by atoms with Crippen LogP contribution in [0, 0.1) is 6.92 Å². The highest BCUT2D eigenvalue weighted by atomic mass is 32.2. The maximum atomic E-state index is 13.1. The second kappa shape index (κ2) is 7.08. The van der Waals surface area contributed by atoms with Crippen molar-refractivity contribution in [2.45, 2.75) is 41.7 Å². The molecule has 0 amide bonds. The monoisotopic (exact) mass is 370 g/mol. The molecule has 2 aromatic rings. The number of ether oxygens (including phenoxy) is 3.